The molecule has 1 heterocycles. The second kappa shape index (κ2) is 5.69. The van der Waals surface area contributed by atoms with Crippen molar-refractivity contribution < 1.29 is 0 Å². The van der Waals surface area contributed by atoms with Gasteiger partial charge in [0.1, 0.15) is 11.6 Å². The number of nitrogens with one attached hydrogen (secondary N) is 2. The number of anilines is 2. The normalized spacial score (nSPS) is 11.9. The fraction of sp³-hybridized carbons (Fsp3) is 0.231. The fourth-order valence-electron chi connectivity index (χ4n) is 1.68. The topological polar surface area (TPSA) is 49.8 Å². The average Bonchev–Trinajstić information content (AvgIpc) is 2.39. The van der Waals surface area contributed by atoms with Crippen LogP contribution >= 0.6 is 11.6 Å². The Kier molecular flexibility index (Phi) is 3.99. The van der Waals surface area contributed by atoms with Crippen LogP contribution in [0.1, 0.15) is 18.5 Å². The van der Waals surface area contributed by atoms with E-state index in [2.05, 4.69) is 20.6 Å². The summed E-state index contributed by atoms with van der Waals surface area (Å²) in [6, 6.07) is 7.83. The molecule has 1 aromatic carbocycles. The predicted molar refractivity (Wildman–Crippen MR) is 75.1 cm³/mol. The number of hydrogen-bond donors (Lipinski definition) is 2. The van der Waals surface area contributed by atoms with Crippen LogP contribution in [0.5, 0.6) is 0 Å². The van der Waals surface area contributed by atoms with E-state index in [-0.39, 0.29) is 6.04 Å². The number of benzene rings is 1. The van der Waals surface area contributed by atoms with Gasteiger partial charge in [-0.1, -0.05) is 29.8 Å². The van der Waals surface area contributed by atoms with Gasteiger partial charge in [-0.05, 0) is 18.6 Å². The van der Waals surface area contributed by atoms with Crippen molar-refractivity contribution in [3.05, 3.63) is 47.2 Å². The van der Waals surface area contributed by atoms with Crippen molar-refractivity contribution in [1.29, 1.82) is 0 Å². The summed E-state index contributed by atoms with van der Waals surface area (Å²) in [5.41, 5.74) is 1.04. The zero-order valence-electron chi connectivity index (χ0n) is 10.3. The van der Waals surface area contributed by atoms with Crippen LogP contribution in [0.2, 0.25) is 5.02 Å². The van der Waals surface area contributed by atoms with Gasteiger partial charge in [0.2, 0.25) is 0 Å². The first-order valence-electron chi connectivity index (χ1n) is 5.71. The molecular weight excluding hydrogens is 248 g/mol. The summed E-state index contributed by atoms with van der Waals surface area (Å²) >= 11 is 6.16. The third kappa shape index (κ3) is 2.90. The maximum atomic E-state index is 6.16. The van der Waals surface area contributed by atoms with Crippen molar-refractivity contribution >= 4 is 23.2 Å². The van der Waals surface area contributed by atoms with Crippen LogP contribution in [0, 0.1) is 0 Å². The maximum Gasteiger partial charge on any atom is 0.147 e. The Morgan fingerprint density at radius 3 is 2.61 bits per heavy atom. The highest BCUT2D eigenvalue weighted by Gasteiger charge is 2.09. The van der Waals surface area contributed by atoms with Crippen LogP contribution in [-0.4, -0.2) is 17.0 Å². The molecule has 0 spiro atoms. The smallest absolute Gasteiger partial charge is 0.147 e. The maximum absolute atomic E-state index is 6.16. The van der Waals surface area contributed by atoms with Gasteiger partial charge in [0.25, 0.3) is 0 Å². The van der Waals surface area contributed by atoms with E-state index in [1.165, 1.54) is 0 Å². The standard InChI is InChI=1S/C13H15ClN4/c1-9(10-5-3-4-6-11(10)14)17-13-8-16-7-12(15-2)18-13/h3-9H,1-2H3,(H2,15,17,18). The van der Waals surface area contributed by atoms with Crippen molar-refractivity contribution in [2.45, 2.75) is 13.0 Å². The molecule has 0 radical (unpaired) electrons. The molecule has 0 saturated heterocycles. The van der Waals surface area contributed by atoms with E-state index in [1.54, 1.807) is 12.4 Å². The van der Waals surface area contributed by atoms with Gasteiger partial charge in [0.15, 0.2) is 0 Å². The van der Waals surface area contributed by atoms with Crippen molar-refractivity contribution in [2.24, 2.45) is 0 Å². The minimum absolute atomic E-state index is 0.0695. The molecule has 1 atom stereocenters. The monoisotopic (exact) mass is 262 g/mol. The first-order valence-corrected chi connectivity index (χ1v) is 6.09. The zero-order valence-corrected chi connectivity index (χ0v) is 11.1. The SMILES string of the molecule is CNc1cncc(NC(C)c2ccccc2Cl)n1. The summed E-state index contributed by atoms with van der Waals surface area (Å²) in [5, 5.41) is 6.97. The molecule has 0 amide bonds. The molecule has 5 heteroatoms. The Bertz CT molecular complexity index is 530. The first kappa shape index (κ1) is 12.6. The Balaban J connectivity index is 2.16. The van der Waals surface area contributed by atoms with Gasteiger partial charge in [-0.3, -0.25) is 4.98 Å². The van der Waals surface area contributed by atoms with Crippen LogP contribution in [0.3, 0.4) is 0 Å². The highest BCUT2D eigenvalue weighted by atomic mass is 35.5. The third-order valence-electron chi connectivity index (χ3n) is 2.63. The number of hydrogen-bond acceptors (Lipinski definition) is 4. The van der Waals surface area contributed by atoms with E-state index in [0.29, 0.717) is 5.82 Å². The Labute approximate surface area is 111 Å². The summed E-state index contributed by atoms with van der Waals surface area (Å²) in [6.07, 6.45) is 3.36. The van der Waals surface area contributed by atoms with E-state index in [0.717, 1.165) is 16.4 Å². The van der Waals surface area contributed by atoms with Crippen LogP contribution in [0.25, 0.3) is 0 Å². The molecule has 4 nitrogen and oxygen atoms in total. The van der Waals surface area contributed by atoms with Gasteiger partial charge in [0.05, 0.1) is 18.4 Å². The molecule has 0 bridgehead atoms. The number of rotatable bonds is 4. The van der Waals surface area contributed by atoms with E-state index < -0.39 is 0 Å². The van der Waals surface area contributed by atoms with E-state index in [9.17, 15) is 0 Å². The molecule has 94 valence electrons. The lowest BCUT2D eigenvalue weighted by atomic mass is 10.1. The summed E-state index contributed by atoms with van der Waals surface area (Å²) in [6.45, 7) is 2.04. The fourth-order valence-corrected chi connectivity index (χ4v) is 1.98. The molecule has 1 unspecified atom stereocenters. The molecule has 2 aromatic rings. The molecule has 0 aliphatic rings. The molecule has 1 aromatic heterocycles. The molecule has 18 heavy (non-hydrogen) atoms. The van der Waals surface area contributed by atoms with Gasteiger partial charge in [-0.2, -0.15) is 0 Å². The van der Waals surface area contributed by atoms with Gasteiger partial charge < -0.3 is 10.6 Å². The zero-order chi connectivity index (χ0) is 13.0. The van der Waals surface area contributed by atoms with E-state index in [1.807, 2.05) is 38.2 Å². The van der Waals surface area contributed by atoms with Crippen LogP contribution in [0.15, 0.2) is 36.7 Å². The molecule has 0 aliphatic heterocycles. The van der Waals surface area contributed by atoms with Crippen molar-refractivity contribution in [3.8, 4) is 0 Å². The summed E-state index contributed by atoms with van der Waals surface area (Å²) in [5.74, 6) is 1.45. The highest BCUT2D eigenvalue weighted by Crippen LogP contribution is 2.24. The highest BCUT2D eigenvalue weighted by molar-refractivity contribution is 6.31. The van der Waals surface area contributed by atoms with Crippen molar-refractivity contribution in [1.82, 2.24) is 9.97 Å². The van der Waals surface area contributed by atoms with Crippen LogP contribution in [0.4, 0.5) is 11.6 Å². The molecule has 0 fully saturated rings. The Hall–Kier alpha value is -1.81. The third-order valence-corrected chi connectivity index (χ3v) is 2.97. The Morgan fingerprint density at radius 2 is 1.89 bits per heavy atom. The molecule has 2 N–H and O–H groups in total. The van der Waals surface area contributed by atoms with Crippen molar-refractivity contribution in [3.63, 3.8) is 0 Å². The first-order chi connectivity index (χ1) is 8.70. The van der Waals surface area contributed by atoms with Gasteiger partial charge in [0, 0.05) is 12.1 Å². The molecule has 0 aliphatic carbocycles. The molecule has 2 rings (SSSR count). The lowest BCUT2D eigenvalue weighted by Gasteiger charge is -2.16. The number of nitrogens with zero attached hydrogens (tertiary/aromatic N) is 2. The number of halogens is 1. The van der Waals surface area contributed by atoms with Crippen molar-refractivity contribution in [2.75, 3.05) is 17.7 Å². The quantitative estimate of drug-likeness (QED) is 0.887. The second-order valence-electron chi connectivity index (χ2n) is 3.93. The second-order valence-corrected chi connectivity index (χ2v) is 4.33. The predicted octanol–water partition coefficient (Wildman–Crippen LogP) is 3.34. The summed E-state index contributed by atoms with van der Waals surface area (Å²) < 4.78 is 0. The van der Waals surface area contributed by atoms with Crippen LogP contribution in [-0.2, 0) is 0 Å². The summed E-state index contributed by atoms with van der Waals surface area (Å²) in [7, 11) is 1.81. The van der Waals surface area contributed by atoms with Gasteiger partial charge in [-0.15, -0.1) is 0 Å². The van der Waals surface area contributed by atoms with E-state index >= 15 is 0 Å². The number of aromatic nitrogens is 2. The van der Waals surface area contributed by atoms with Crippen LogP contribution < -0.4 is 10.6 Å². The largest absolute Gasteiger partial charge is 0.372 e. The van der Waals surface area contributed by atoms with Gasteiger partial charge >= 0.3 is 0 Å². The minimum Gasteiger partial charge on any atom is -0.372 e. The van der Waals surface area contributed by atoms with E-state index in [4.69, 9.17) is 11.6 Å². The summed E-state index contributed by atoms with van der Waals surface area (Å²) in [4.78, 5) is 8.46. The van der Waals surface area contributed by atoms with Gasteiger partial charge in [-0.25, -0.2) is 4.98 Å². The minimum atomic E-state index is 0.0695. The molecular formula is C13H15ClN4. The molecule has 0 saturated carbocycles. The lowest BCUT2D eigenvalue weighted by Crippen LogP contribution is -2.09. The average molecular weight is 263 g/mol. The lowest BCUT2D eigenvalue weighted by molar-refractivity contribution is 0.872. The Morgan fingerprint density at radius 1 is 1.17 bits per heavy atom.